The Bertz CT molecular complexity index is 177. The van der Waals surface area contributed by atoms with Gasteiger partial charge in [0.15, 0.2) is 0 Å². The van der Waals surface area contributed by atoms with E-state index < -0.39 is 0 Å². The second kappa shape index (κ2) is 8.37. The first-order valence-electron chi connectivity index (χ1n) is 6.67. The molecule has 0 aromatic heterocycles. The summed E-state index contributed by atoms with van der Waals surface area (Å²) in [4.78, 5) is 0. The smallest absolute Gasteiger partial charge is 0.0464 e. The van der Waals surface area contributed by atoms with E-state index in [2.05, 4.69) is 31.1 Å². The minimum Gasteiger partial charge on any atom is -0.396 e. The van der Waals surface area contributed by atoms with Gasteiger partial charge in [0.1, 0.15) is 0 Å². The van der Waals surface area contributed by atoms with Gasteiger partial charge in [-0.2, -0.15) is 11.8 Å². The minimum atomic E-state index is 0.323. The van der Waals surface area contributed by atoms with Crippen molar-refractivity contribution in [2.45, 2.75) is 56.7 Å². The van der Waals surface area contributed by atoms with Crippen molar-refractivity contribution in [3.8, 4) is 0 Å². The molecule has 1 saturated carbocycles. The largest absolute Gasteiger partial charge is 0.396 e. The maximum absolute atomic E-state index is 9.06. The monoisotopic (exact) mass is 245 g/mol. The number of aliphatic hydroxyl groups excluding tert-OH is 1. The molecule has 2 N–H and O–H groups in total. The Labute approximate surface area is 105 Å². The summed E-state index contributed by atoms with van der Waals surface area (Å²) in [5, 5.41) is 13.3. The minimum absolute atomic E-state index is 0.323. The molecule has 3 unspecified atom stereocenters. The van der Waals surface area contributed by atoms with Gasteiger partial charge < -0.3 is 10.4 Å². The Morgan fingerprint density at radius 1 is 1.25 bits per heavy atom. The summed E-state index contributed by atoms with van der Waals surface area (Å²) >= 11 is 2.06. The lowest BCUT2D eigenvalue weighted by Crippen LogP contribution is -2.37. The lowest BCUT2D eigenvalue weighted by Gasteiger charge is -2.29. The van der Waals surface area contributed by atoms with Crippen LogP contribution in [-0.4, -0.2) is 35.8 Å². The van der Waals surface area contributed by atoms with Crippen LogP contribution in [0.3, 0.4) is 0 Å². The van der Waals surface area contributed by atoms with Crippen molar-refractivity contribution in [1.82, 2.24) is 5.32 Å². The third-order valence-corrected chi connectivity index (χ3v) is 5.23. The van der Waals surface area contributed by atoms with E-state index in [1.54, 1.807) is 0 Å². The Morgan fingerprint density at radius 3 is 2.56 bits per heavy atom. The Morgan fingerprint density at radius 2 is 1.94 bits per heavy atom. The van der Waals surface area contributed by atoms with Gasteiger partial charge in [-0.25, -0.2) is 0 Å². The van der Waals surface area contributed by atoms with Crippen LogP contribution in [0.25, 0.3) is 0 Å². The molecule has 0 aromatic rings. The van der Waals surface area contributed by atoms with Crippen molar-refractivity contribution >= 4 is 11.8 Å². The molecule has 0 saturated heterocycles. The van der Waals surface area contributed by atoms with E-state index in [4.69, 9.17) is 5.11 Å². The van der Waals surface area contributed by atoms with E-state index >= 15 is 0 Å². The van der Waals surface area contributed by atoms with Crippen LogP contribution in [0.15, 0.2) is 0 Å². The SMILES string of the molecule is CNC1CCCCCCC1SCC(C)CO. The highest BCUT2D eigenvalue weighted by molar-refractivity contribution is 7.99. The molecule has 1 rings (SSSR count). The quantitative estimate of drug-likeness (QED) is 0.781. The average Bonchev–Trinajstić information content (AvgIpc) is 2.27. The van der Waals surface area contributed by atoms with Crippen molar-refractivity contribution < 1.29 is 5.11 Å². The maximum Gasteiger partial charge on any atom is 0.0464 e. The Kier molecular flexibility index (Phi) is 7.50. The topological polar surface area (TPSA) is 32.3 Å². The third kappa shape index (κ3) is 5.07. The predicted molar refractivity (Wildman–Crippen MR) is 73.0 cm³/mol. The summed E-state index contributed by atoms with van der Waals surface area (Å²) in [7, 11) is 2.09. The van der Waals surface area contributed by atoms with Gasteiger partial charge >= 0.3 is 0 Å². The Balaban J connectivity index is 2.37. The summed E-state index contributed by atoms with van der Waals surface area (Å²) in [6.45, 7) is 2.45. The van der Waals surface area contributed by atoms with Crippen LogP contribution in [0.1, 0.15) is 45.4 Å². The maximum atomic E-state index is 9.06. The van der Waals surface area contributed by atoms with Crippen molar-refractivity contribution in [2.75, 3.05) is 19.4 Å². The molecule has 3 atom stereocenters. The van der Waals surface area contributed by atoms with E-state index in [0.717, 1.165) is 11.0 Å². The second-order valence-corrected chi connectivity index (χ2v) is 6.32. The first-order chi connectivity index (χ1) is 7.77. The highest BCUT2D eigenvalue weighted by Crippen LogP contribution is 2.28. The van der Waals surface area contributed by atoms with Gasteiger partial charge in [0.25, 0.3) is 0 Å². The van der Waals surface area contributed by atoms with E-state index in [0.29, 0.717) is 18.6 Å². The average molecular weight is 245 g/mol. The first kappa shape index (κ1) is 14.3. The highest BCUT2D eigenvalue weighted by Gasteiger charge is 2.22. The molecule has 96 valence electrons. The van der Waals surface area contributed by atoms with Gasteiger partial charge in [-0.05, 0) is 31.6 Å². The van der Waals surface area contributed by atoms with E-state index in [1.807, 2.05) is 0 Å². The molecular weight excluding hydrogens is 218 g/mol. The van der Waals surface area contributed by atoms with Crippen LogP contribution < -0.4 is 5.32 Å². The molecule has 1 aliphatic carbocycles. The molecule has 0 heterocycles. The zero-order valence-electron chi connectivity index (χ0n) is 10.7. The molecule has 1 aliphatic rings. The van der Waals surface area contributed by atoms with Crippen LogP contribution in [0.5, 0.6) is 0 Å². The number of nitrogens with one attached hydrogen (secondary N) is 1. The summed E-state index contributed by atoms with van der Waals surface area (Å²) in [5.41, 5.74) is 0. The lowest BCUT2D eigenvalue weighted by molar-refractivity contribution is 0.250. The fourth-order valence-electron chi connectivity index (χ4n) is 2.32. The van der Waals surface area contributed by atoms with Crippen LogP contribution >= 0.6 is 11.8 Å². The molecule has 0 bridgehead atoms. The molecule has 0 aromatic carbocycles. The summed E-state index contributed by atoms with van der Waals surface area (Å²) in [6, 6.07) is 0.677. The van der Waals surface area contributed by atoms with Crippen molar-refractivity contribution in [2.24, 2.45) is 5.92 Å². The molecule has 0 spiro atoms. The summed E-state index contributed by atoms with van der Waals surface area (Å²) in [6.07, 6.45) is 8.23. The van der Waals surface area contributed by atoms with Crippen LogP contribution in [0.2, 0.25) is 0 Å². The lowest BCUT2D eigenvalue weighted by atomic mass is 9.96. The molecule has 16 heavy (non-hydrogen) atoms. The molecule has 0 aliphatic heterocycles. The zero-order chi connectivity index (χ0) is 11.8. The van der Waals surface area contributed by atoms with Crippen molar-refractivity contribution in [3.63, 3.8) is 0 Å². The standard InChI is InChI=1S/C13H27NOS/c1-11(9-15)10-16-13-8-6-4-3-5-7-12(13)14-2/h11-15H,3-10H2,1-2H3. The van der Waals surface area contributed by atoms with Gasteiger partial charge in [-0.3, -0.25) is 0 Å². The van der Waals surface area contributed by atoms with Crippen LogP contribution in [-0.2, 0) is 0 Å². The molecule has 1 fully saturated rings. The normalized spacial score (nSPS) is 29.4. The van der Waals surface area contributed by atoms with Crippen LogP contribution in [0, 0.1) is 5.92 Å². The van der Waals surface area contributed by atoms with Crippen molar-refractivity contribution in [1.29, 1.82) is 0 Å². The molecular formula is C13H27NOS. The van der Waals surface area contributed by atoms with Gasteiger partial charge in [-0.15, -0.1) is 0 Å². The number of thioether (sulfide) groups is 1. The fraction of sp³-hybridized carbons (Fsp3) is 1.00. The van der Waals surface area contributed by atoms with E-state index in [9.17, 15) is 0 Å². The summed E-state index contributed by atoms with van der Waals surface area (Å²) < 4.78 is 0. The van der Waals surface area contributed by atoms with E-state index in [1.165, 1.54) is 38.5 Å². The number of hydrogen-bond donors (Lipinski definition) is 2. The second-order valence-electron chi connectivity index (χ2n) is 5.05. The first-order valence-corrected chi connectivity index (χ1v) is 7.72. The Hall–Kier alpha value is 0.270. The molecule has 0 radical (unpaired) electrons. The van der Waals surface area contributed by atoms with Crippen molar-refractivity contribution in [3.05, 3.63) is 0 Å². The number of rotatable bonds is 5. The number of hydrogen-bond acceptors (Lipinski definition) is 3. The van der Waals surface area contributed by atoms with E-state index in [-0.39, 0.29) is 0 Å². The van der Waals surface area contributed by atoms with Gasteiger partial charge in [0.2, 0.25) is 0 Å². The third-order valence-electron chi connectivity index (χ3n) is 3.48. The van der Waals surface area contributed by atoms with Gasteiger partial charge in [0, 0.05) is 17.9 Å². The fourth-order valence-corrected chi connectivity index (χ4v) is 3.84. The molecule has 3 heteroatoms. The van der Waals surface area contributed by atoms with Crippen LogP contribution in [0.4, 0.5) is 0 Å². The highest BCUT2D eigenvalue weighted by atomic mass is 32.2. The number of aliphatic hydroxyl groups is 1. The summed E-state index contributed by atoms with van der Waals surface area (Å²) in [5.74, 6) is 1.53. The van der Waals surface area contributed by atoms with Gasteiger partial charge in [0.05, 0.1) is 0 Å². The van der Waals surface area contributed by atoms with Gasteiger partial charge in [-0.1, -0.05) is 32.6 Å². The molecule has 0 amide bonds. The predicted octanol–water partition coefficient (Wildman–Crippen LogP) is 2.66. The molecule has 2 nitrogen and oxygen atoms in total. The zero-order valence-corrected chi connectivity index (χ0v) is 11.6.